The fourth-order valence-corrected chi connectivity index (χ4v) is 2.63. The lowest BCUT2D eigenvalue weighted by Crippen LogP contribution is -2.48. The van der Waals surface area contributed by atoms with Gasteiger partial charge in [0.15, 0.2) is 0 Å². The van der Waals surface area contributed by atoms with E-state index in [-0.39, 0.29) is 12.2 Å². The van der Waals surface area contributed by atoms with Gasteiger partial charge in [-0.25, -0.2) is 5.43 Å². The molecule has 11 nitrogen and oxygen atoms in total. The minimum absolute atomic E-state index is 0.0346. The van der Waals surface area contributed by atoms with E-state index in [4.69, 9.17) is 22.5 Å². The van der Waals surface area contributed by atoms with E-state index in [1.54, 1.807) is 0 Å². The number of ether oxygens (including phenoxy) is 1. The van der Waals surface area contributed by atoms with E-state index < -0.39 is 17.5 Å². The van der Waals surface area contributed by atoms with Crippen molar-refractivity contribution in [2.75, 3.05) is 25.6 Å². The predicted octanol–water partition coefficient (Wildman–Crippen LogP) is -1.45. The van der Waals surface area contributed by atoms with Crippen LogP contribution in [0.2, 0.25) is 0 Å². The molecule has 1 aliphatic heterocycles. The minimum Gasteiger partial charge on any atom is -0.372 e. The highest BCUT2D eigenvalue weighted by molar-refractivity contribution is 7.80. The van der Waals surface area contributed by atoms with Gasteiger partial charge in [-0.2, -0.15) is 9.58 Å². The Kier molecular flexibility index (Phi) is 5.91. The lowest BCUT2D eigenvalue weighted by Gasteiger charge is -2.36. The van der Waals surface area contributed by atoms with Gasteiger partial charge in [0.2, 0.25) is 0 Å². The average molecular weight is 366 g/mol. The van der Waals surface area contributed by atoms with Crippen molar-refractivity contribution in [2.45, 2.75) is 26.1 Å². The summed E-state index contributed by atoms with van der Waals surface area (Å²) in [6.45, 7) is 5.16. The Morgan fingerprint density at radius 2 is 2.00 bits per heavy atom. The fourth-order valence-electron chi connectivity index (χ4n) is 2.39. The monoisotopic (exact) mass is 366 g/mol. The van der Waals surface area contributed by atoms with Crippen molar-refractivity contribution in [1.82, 2.24) is 25.3 Å². The number of carbonyl (C=O) groups is 2. The molecule has 2 atom stereocenters. The normalized spacial score (nSPS) is 19.7. The summed E-state index contributed by atoms with van der Waals surface area (Å²) in [5, 5.41) is 9.83. The molecule has 1 aromatic rings. The minimum atomic E-state index is -0.946. The van der Waals surface area contributed by atoms with Crippen molar-refractivity contribution < 1.29 is 19.1 Å². The van der Waals surface area contributed by atoms with Crippen LogP contribution in [0.5, 0.6) is 0 Å². The molecule has 0 aliphatic carbocycles. The molecule has 0 spiro atoms. The number of hydrogen-bond acceptors (Lipinski definition) is 6. The first-order valence-corrected chi connectivity index (χ1v) is 7.89. The zero-order valence-corrected chi connectivity index (χ0v) is 14.8. The zero-order valence-electron chi connectivity index (χ0n) is 14.0. The van der Waals surface area contributed by atoms with Crippen LogP contribution in [0.4, 0.5) is 0 Å². The molecule has 2 heterocycles. The highest BCUT2D eigenvalue weighted by Crippen LogP contribution is 2.13. The van der Waals surface area contributed by atoms with Gasteiger partial charge in [-0.05, 0) is 19.1 Å². The fraction of sp³-hybridized carbons (Fsp3) is 0.538. The highest BCUT2D eigenvalue weighted by atomic mass is 32.1. The number of nitrogens with one attached hydrogen (secondary N) is 2. The van der Waals surface area contributed by atoms with Crippen LogP contribution in [0, 0.1) is 0 Å². The topological polar surface area (TPSA) is 138 Å². The van der Waals surface area contributed by atoms with Crippen LogP contribution < -0.4 is 10.7 Å². The van der Waals surface area contributed by atoms with Crippen molar-refractivity contribution in [3.8, 4) is 0 Å². The molecule has 0 bridgehead atoms. The summed E-state index contributed by atoms with van der Waals surface area (Å²) in [6, 6.07) is 0. The molecule has 25 heavy (non-hydrogen) atoms. The molecule has 12 heteroatoms. The van der Waals surface area contributed by atoms with Crippen LogP contribution >= 0.6 is 12.2 Å². The summed E-state index contributed by atoms with van der Waals surface area (Å²) in [5.74, 6) is -1.79. The maximum atomic E-state index is 11.9. The average Bonchev–Trinajstić information content (AvgIpc) is 3.02. The van der Waals surface area contributed by atoms with Crippen LogP contribution in [-0.4, -0.2) is 79.7 Å². The van der Waals surface area contributed by atoms with E-state index in [9.17, 15) is 9.59 Å². The molecule has 2 N–H and O–H groups in total. The molecule has 0 aromatic carbocycles. The molecule has 2 rings (SSSR count). The number of carbonyl (C=O) groups excluding carboxylic acids is 2. The number of aromatic nitrogens is 3. The number of nitrogens with zero attached hydrogens (tertiary/aromatic N) is 6. The van der Waals surface area contributed by atoms with E-state index in [2.05, 4.69) is 25.8 Å². The first-order chi connectivity index (χ1) is 11.8. The zero-order chi connectivity index (χ0) is 18.6. The lowest BCUT2D eigenvalue weighted by molar-refractivity contribution is -0.124. The number of amides is 2. The van der Waals surface area contributed by atoms with E-state index in [0.717, 1.165) is 4.79 Å². The third-order valence-electron chi connectivity index (χ3n) is 3.39. The Hall–Kier alpha value is -2.69. The van der Waals surface area contributed by atoms with Crippen molar-refractivity contribution in [1.29, 1.82) is 0 Å². The molecule has 1 fully saturated rings. The Bertz CT molecular complexity index is 731. The lowest BCUT2D eigenvalue weighted by atomic mass is 10.2. The quantitative estimate of drug-likeness (QED) is 0.219. The number of rotatable bonds is 4. The Morgan fingerprint density at radius 1 is 1.36 bits per heavy atom. The summed E-state index contributed by atoms with van der Waals surface area (Å²) in [7, 11) is 1.30. The van der Waals surface area contributed by atoms with Gasteiger partial charge in [-0.3, -0.25) is 9.59 Å². The maximum Gasteiger partial charge on any atom is 0.444 e. The molecule has 134 valence electrons. The third kappa shape index (κ3) is 4.44. The van der Waals surface area contributed by atoms with Crippen LogP contribution in [-0.2, 0) is 14.3 Å². The molecule has 2 amide bonds. The molecule has 1 aromatic heterocycles. The van der Waals surface area contributed by atoms with Crippen LogP contribution in [0.15, 0.2) is 6.20 Å². The van der Waals surface area contributed by atoms with Crippen molar-refractivity contribution >= 4 is 34.7 Å². The van der Waals surface area contributed by atoms with Crippen LogP contribution in [0.1, 0.15) is 19.5 Å². The second kappa shape index (κ2) is 7.92. The standard InChI is InChI=1S/C13H18N8O3S/c1-7-4-20(5-8(2)24-7)13(25)9-6-21(19-17-9)18-12(23)10(16-14)11(22)15-3/h6-8H,4-5H2,1-3H3,(H,15,22)(H,18,23)/t7-,8-/m1/s1. The summed E-state index contributed by atoms with van der Waals surface area (Å²) >= 11 is 5.42. The van der Waals surface area contributed by atoms with E-state index in [1.807, 2.05) is 18.7 Å². The van der Waals surface area contributed by atoms with Crippen LogP contribution in [0.3, 0.4) is 0 Å². The van der Waals surface area contributed by atoms with Crippen molar-refractivity contribution in [3.63, 3.8) is 0 Å². The van der Waals surface area contributed by atoms with Gasteiger partial charge in [0.1, 0.15) is 10.7 Å². The van der Waals surface area contributed by atoms with Gasteiger partial charge < -0.3 is 20.5 Å². The molecule has 0 radical (unpaired) electrons. The number of hydrogen-bond donors (Lipinski definition) is 2. The molecular weight excluding hydrogens is 348 g/mol. The van der Waals surface area contributed by atoms with Gasteiger partial charge in [0, 0.05) is 20.1 Å². The molecule has 0 unspecified atom stereocenters. The van der Waals surface area contributed by atoms with E-state index >= 15 is 0 Å². The van der Waals surface area contributed by atoms with Crippen molar-refractivity contribution in [2.24, 2.45) is 0 Å². The SMILES string of the molecule is CNC(=O)C(=[N+]=[N-])C(=O)Nn1cc(C(=S)N2C[C@@H](C)O[C@H](C)C2)nn1. The summed E-state index contributed by atoms with van der Waals surface area (Å²) in [6.07, 6.45) is 1.48. The highest BCUT2D eigenvalue weighted by Gasteiger charge is 2.30. The Balaban J connectivity index is 2.07. The maximum absolute atomic E-state index is 11.9. The second-order valence-corrected chi connectivity index (χ2v) is 5.87. The largest absolute Gasteiger partial charge is 0.444 e. The molecular formula is C13H18N8O3S. The first kappa shape index (κ1) is 18.6. The van der Waals surface area contributed by atoms with E-state index in [1.165, 1.54) is 13.2 Å². The molecule has 0 saturated carbocycles. The molecule has 1 saturated heterocycles. The third-order valence-corrected chi connectivity index (χ3v) is 3.86. The van der Waals surface area contributed by atoms with Gasteiger partial charge in [-0.1, -0.05) is 12.2 Å². The first-order valence-electron chi connectivity index (χ1n) is 7.48. The van der Waals surface area contributed by atoms with Gasteiger partial charge in [0.25, 0.3) is 0 Å². The van der Waals surface area contributed by atoms with Gasteiger partial charge in [-0.15, -0.1) is 5.10 Å². The molecule has 1 aliphatic rings. The van der Waals surface area contributed by atoms with Crippen molar-refractivity contribution in [3.05, 3.63) is 17.4 Å². The number of morpholine rings is 1. The second-order valence-electron chi connectivity index (χ2n) is 5.48. The summed E-state index contributed by atoms with van der Waals surface area (Å²) in [4.78, 5) is 29.4. The van der Waals surface area contributed by atoms with Gasteiger partial charge >= 0.3 is 17.5 Å². The number of thiocarbonyl (C=S) groups is 1. The Morgan fingerprint density at radius 3 is 2.56 bits per heavy atom. The smallest absolute Gasteiger partial charge is 0.372 e. The summed E-state index contributed by atoms with van der Waals surface area (Å²) < 4.78 is 5.66. The summed E-state index contributed by atoms with van der Waals surface area (Å²) in [5.41, 5.74) is 10.7. The van der Waals surface area contributed by atoms with E-state index in [0.29, 0.717) is 23.8 Å². The van der Waals surface area contributed by atoms with Crippen LogP contribution in [0.25, 0.3) is 5.53 Å². The Labute approximate surface area is 148 Å². The predicted molar refractivity (Wildman–Crippen MR) is 90.4 cm³/mol. The van der Waals surface area contributed by atoms with Gasteiger partial charge in [0.05, 0.1) is 18.4 Å².